The molecule has 0 bridgehead atoms. The van der Waals surface area contributed by atoms with E-state index < -0.39 is 11.5 Å². The Kier molecular flexibility index (Phi) is 8.80. The Morgan fingerprint density at radius 1 is 1.00 bits per heavy atom. The summed E-state index contributed by atoms with van der Waals surface area (Å²) in [6.45, 7) is 1.45. The number of aliphatic carboxylic acids is 1. The lowest BCUT2D eigenvalue weighted by atomic mass is 9.74. The standard InChI is InChI=1S/C32H30Cl2N2O4S/c33-26-12-10-23(11-13-26)18-32(14-16-36(32,22-37)20-25-21-41-29-8-2-1-7-28(25)29)31(40)35(15-4-9-30(38)39)19-24-5-3-6-27(34)17-24/h1-3,5-8,10-13,17,21-22H,4,9,14-16,18-20H2/p+1. The van der Waals surface area contributed by atoms with Gasteiger partial charge in [-0.05, 0) is 47.9 Å². The molecule has 0 aliphatic carbocycles. The molecule has 1 aromatic heterocycles. The number of rotatable bonds is 12. The highest BCUT2D eigenvalue weighted by atomic mass is 35.5. The SMILES string of the molecule is O=C[N+]1(Cc2csc3ccccc23)CCC1(Cc1ccc(Cl)cc1)C(=O)N(CCCC(=O)O)Cc1cccc(Cl)c1. The van der Waals surface area contributed by atoms with E-state index in [-0.39, 0.29) is 29.9 Å². The zero-order valence-corrected chi connectivity index (χ0v) is 24.8. The first-order chi connectivity index (χ1) is 19.7. The third kappa shape index (κ3) is 6.04. The summed E-state index contributed by atoms with van der Waals surface area (Å²) in [6, 6.07) is 22.8. The lowest BCUT2D eigenvalue weighted by Crippen LogP contribution is -2.79. The highest BCUT2D eigenvalue weighted by Gasteiger charge is 2.66. The summed E-state index contributed by atoms with van der Waals surface area (Å²) in [5.41, 5.74) is 1.74. The third-order valence-electron chi connectivity index (χ3n) is 8.17. The molecule has 1 aliphatic heterocycles. The number of carbonyl (C=O) groups excluding carboxylic acids is 2. The van der Waals surface area contributed by atoms with E-state index in [9.17, 15) is 19.5 Å². The minimum atomic E-state index is -1.06. The van der Waals surface area contributed by atoms with E-state index in [0.29, 0.717) is 42.4 Å². The maximum Gasteiger partial charge on any atom is 0.303 e. The molecule has 1 aliphatic rings. The van der Waals surface area contributed by atoms with Crippen molar-refractivity contribution in [2.75, 3.05) is 13.1 Å². The van der Waals surface area contributed by atoms with E-state index >= 15 is 0 Å². The molecule has 0 radical (unpaired) electrons. The molecule has 212 valence electrons. The third-order valence-corrected chi connectivity index (χ3v) is 9.67. The molecule has 5 rings (SSSR count). The number of thiophene rings is 1. The fourth-order valence-electron chi connectivity index (χ4n) is 5.93. The fraction of sp³-hybridized carbons (Fsp3) is 0.281. The molecule has 6 nitrogen and oxygen atoms in total. The summed E-state index contributed by atoms with van der Waals surface area (Å²) in [5, 5.41) is 13.6. The number of halogens is 2. The molecule has 0 saturated carbocycles. The Balaban J connectivity index is 1.56. The summed E-state index contributed by atoms with van der Waals surface area (Å²) in [6.07, 6.45) is 2.07. The van der Waals surface area contributed by atoms with E-state index in [4.69, 9.17) is 23.2 Å². The molecule has 2 unspecified atom stereocenters. The average Bonchev–Trinajstić information content (AvgIpc) is 3.36. The number of hydrogen-bond acceptors (Lipinski definition) is 4. The number of quaternary nitrogens is 1. The minimum absolute atomic E-state index is 0.0276. The predicted molar refractivity (Wildman–Crippen MR) is 163 cm³/mol. The molecule has 2 atom stereocenters. The first-order valence-corrected chi connectivity index (χ1v) is 15.2. The van der Waals surface area contributed by atoms with Crippen molar-refractivity contribution in [2.24, 2.45) is 0 Å². The summed E-state index contributed by atoms with van der Waals surface area (Å²) in [4.78, 5) is 41.0. The van der Waals surface area contributed by atoms with Crippen LogP contribution in [0.25, 0.3) is 10.1 Å². The van der Waals surface area contributed by atoms with Crippen LogP contribution < -0.4 is 0 Å². The lowest BCUT2D eigenvalue weighted by molar-refractivity contribution is -0.943. The normalized spacial score (nSPS) is 20.0. The number of hydrogen-bond donors (Lipinski definition) is 1. The van der Waals surface area contributed by atoms with Crippen LogP contribution in [0.2, 0.25) is 10.0 Å². The fourth-order valence-corrected chi connectivity index (χ4v) is 7.22. The van der Waals surface area contributed by atoms with Gasteiger partial charge in [-0.3, -0.25) is 9.59 Å². The maximum absolute atomic E-state index is 14.8. The molecule has 1 N–H and O–H groups in total. The van der Waals surface area contributed by atoms with Crippen molar-refractivity contribution in [2.45, 2.75) is 44.3 Å². The number of nitrogens with zero attached hydrogens (tertiary/aromatic N) is 2. The first-order valence-electron chi connectivity index (χ1n) is 13.5. The number of carbonyl (C=O) groups is 3. The molecule has 1 fully saturated rings. The van der Waals surface area contributed by atoms with Gasteiger partial charge in [-0.25, -0.2) is 9.28 Å². The second-order valence-corrected chi connectivity index (χ2v) is 12.5. The molecule has 3 aromatic carbocycles. The molecule has 41 heavy (non-hydrogen) atoms. The zero-order valence-electron chi connectivity index (χ0n) is 22.5. The van der Waals surface area contributed by atoms with E-state index in [0.717, 1.165) is 33.2 Å². The highest BCUT2D eigenvalue weighted by molar-refractivity contribution is 7.17. The molecule has 1 saturated heterocycles. The number of likely N-dealkylation sites (tertiary alicyclic amines) is 1. The van der Waals surface area contributed by atoms with Gasteiger partial charge in [-0.1, -0.05) is 65.7 Å². The van der Waals surface area contributed by atoms with Crippen LogP contribution in [0.3, 0.4) is 0 Å². The van der Waals surface area contributed by atoms with Gasteiger partial charge in [-0.15, -0.1) is 11.3 Å². The van der Waals surface area contributed by atoms with Crippen molar-refractivity contribution in [3.63, 3.8) is 0 Å². The first kappa shape index (κ1) is 29.3. The van der Waals surface area contributed by atoms with Crippen molar-refractivity contribution in [3.8, 4) is 0 Å². The smallest absolute Gasteiger partial charge is 0.303 e. The van der Waals surface area contributed by atoms with Gasteiger partial charge in [0.25, 0.3) is 5.91 Å². The van der Waals surface area contributed by atoms with E-state index in [1.54, 1.807) is 34.4 Å². The summed E-state index contributed by atoms with van der Waals surface area (Å²) < 4.78 is 1.11. The van der Waals surface area contributed by atoms with Crippen molar-refractivity contribution >= 4 is 62.9 Å². The average molecular weight is 611 g/mol. The monoisotopic (exact) mass is 609 g/mol. The largest absolute Gasteiger partial charge is 0.481 e. The van der Waals surface area contributed by atoms with Crippen molar-refractivity contribution in [3.05, 3.63) is 105 Å². The van der Waals surface area contributed by atoms with Gasteiger partial charge in [0, 0.05) is 57.0 Å². The van der Waals surface area contributed by atoms with E-state index in [1.807, 2.05) is 42.5 Å². The van der Waals surface area contributed by atoms with E-state index in [1.165, 1.54) is 0 Å². The summed E-state index contributed by atoms with van der Waals surface area (Å²) in [7, 11) is 0. The molecular weight excluding hydrogens is 579 g/mol. The molecular formula is C32H31Cl2N2O4S+. The summed E-state index contributed by atoms with van der Waals surface area (Å²) in [5.74, 6) is -1.07. The Hall–Kier alpha value is -3.23. The van der Waals surface area contributed by atoms with Crippen LogP contribution in [0.5, 0.6) is 0 Å². The molecule has 9 heteroatoms. The van der Waals surface area contributed by atoms with Gasteiger partial charge in [-0.2, -0.15) is 0 Å². The Bertz CT molecular complexity index is 1570. The molecule has 0 spiro atoms. The lowest BCUT2D eigenvalue weighted by Gasteiger charge is -2.57. The van der Waals surface area contributed by atoms with Gasteiger partial charge >= 0.3 is 12.4 Å². The van der Waals surface area contributed by atoms with Crippen LogP contribution in [0.4, 0.5) is 0 Å². The zero-order chi connectivity index (χ0) is 29.0. The Labute approximate surface area is 253 Å². The van der Waals surface area contributed by atoms with Gasteiger partial charge in [0.1, 0.15) is 6.54 Å². The van der Waals surface area contributed by atoms with E-state index in [2.05, 4.69) is 17.5 Å². The van der Waals surface area contributed by atoms with Crippen LogP contribution in [-0.4, -0.2) is 51.4 Å². The number of amides is 2. The van der Waals surface area contributed by atoms with Crippen LogP contribution in [0.15, 0.2) is 78.2 Å². The topological polar surface area (TPSA) is 74.7 Å². The van der Waals surface area contributed by atoms with Crippen LogP contribution in [-0.2, 0) is 33.9 Å². The molecule has 2 heterocycles. The number of carboxylic acid groups (broad SMARTS) is 1. The maximum atomic E-state index is 14.8. The number of benzene rings is 3. The van der Waals surface area contributed by atoms with Crippen molar-refractivity contribution in [1.29, 1.82) is 0 Å². The van der Waals surface area contributed by atoms with Gasteiger partial charge < -0.3 is 10.0 Å². The van der Waals surface area contributed by atoms with Gasteiger partial charge in [0.2, 0.25) is 0 Å². The van der Waals surface area contributed by atoms with Gasteiger partial charge in [0.15, 0.2) is 5.54 Å². The van der Waals surface area contributed by atoms with Crippen LogP contribution in [0.1, 0.15) is 36.0 Å². The predicted octanol–water partition coefficient (Wildman–Crippen LogP) is 6.96. The van der Waals surface area contributed by atoms with Crippen molar-refractivity contribution in [1.82, 2.24) is 4.90 Å². The Morgan fingerprint density at radius 2 is 1.78 bits per heavy atom. The molecule has 2 amide bonds. The number of carboxylic acids is 1. The minimum Gasteiger partial charge on any atom is -0.481 e. The highest BCUT2D eigenvalue weighted by Crippen LogP contribution is 2.45. The van der Waals surface area contributed by atoms with Crippen molar-refractivity contribution < 1.29 is 24.0 Å². The second kappa shape index (κ2) is 12.3. The summed E-state index contributed by atoms with van der Waals surface area (Å²) >= 11 is 14.1. The van der Waals surface area contributed by atoms with Crippen LogP contribution in [0, 0.1) is 0 Å². The van der Waals surface area contributed by atoms with Crippen LogP contribution >= 0.6 is 34.5 Å². The quantitative estimate of drug-likeness (QED) is 0.139. The Morgan fingerprint density at radius 3 is 2.46 bits per heavy atom. The second-order valence-electron chi connectivity index (χ2n) is 10.7. The number of fused-ring (bicyclic) bond motifs is 1. The molecule has 4 aromatic rings. The van der Waals surface area contributed by atoms with Gasteiger partial charge in [0.05, 0.1) is 13.0 Å².